The van der Waals surface area contributed by atoms with Crippen LogP contribution in [0.3, 0.4) is 0 Å². The van der Waals surface area contributed by atoms with E-state index in [0.717, 1.165) is 12.2 Å². The highest BCUT2D eigenvalue weighted by Gasteiger charge is 2.22. The van der Waals surface area contributed by atoms with Crippen LogP contribution in [0.2, 0.25) is 0 Å². The van der Waals surface area contributed by atoms with Gasteiger partial charge in [0.25, 0.3) is 6.73 Å². The van der Waals surface area contributed by atoms with Gasteiger partial charge in [0.15, 0.2) is 0 Å². The van der Waals surface area contributed by atoms with Gasteiger partial charge in [-0.05, 0) is 12.5 Å². The number of nitrogens with one attached hydrogen (secondary N) is 1. The third-order valence-corrected chi connectivity index (χ3v) is 1.51. The molecular formula is C7H7NO. The zero-order valence-corrected chi connectivity index (χ0v) is 4.92. The van der Waals surface area contributed by atoms with Gasteiger partial charge < -0.3 is 4.74 Å². The summed E-state index contributed by atoms with van der Waals surface area (Å²) in [5.74, 6) is 0.984. The van der Waals surface area contributed by atoms with Crippen molar-refractivity contribution in [3.63, 3.8) is 0 Å². The van der Waals surface area contributed by atoms with Crippen molar-refractivity contribution in [2.75, 3.05) is 0 Å². The average Bonchev–Trinajstić information content (AvgIpc) is 2.33. The van der Waals surface area contributed by atoms with E-state index < -0.39 is 0 Å². The van der Waals surface area contributed by atoms with E-state index in [0.29, 0.717) is 6.04 Å². The molecule has 1 heterocycles. The van der Waals surface area contributed by atoms with Crippen molar-refractivity contribution in [2.45, 2.75) is 12.5 Å². The van der Waals surface area contributed by atoms with E-state index in [4.69, 9.17) is 4.74 Å². The van der Waals surface area contributed by atoms with Crippen molar-refractivity contribution in [1.29, 1.82) is 0 Å². The smallest absolute Gasteiger partial charge is 0.279 e. The maximum atomic E-state index is 5.01. The first-order valence-corrected chi connectivity index (χ1v) is 3.01. The molecule has 0 bridgehead atoms. The minimum Gasteiger partial charge on any atom is -0.463 e. The van der Waals surface area contributed by atoms with Crippen molar-refractivity contribution in [1.82, 2.24) is 5.32 Å². The van der Waals surface area contributed by atoms with Crippen LogP contribution in [0, 0.1) is 6.73 Å². The fraction of sp³-hybridized carbons (Fsp3) is 0.286. The number of hydrogen-bond donors (Lipinski definition) is 1. The number of fused-ring (bicyclic) bond motifs is 1. The molecule has 1 atom stereocenters. The normalized spacial score (nSPS) is 31.1. The SMILES string of the molecule is [C]1NC2CC=CC=C2O1. The summed E-state index contributed by atoms with van der Waals surface area (Å²) in [7, 11) is 0. The Morgan fingerprint density at radius 1 is 1.78 bits per heavy atom. The largest absolute Gasteiger partial charge is 0.463 e. The van der Waals surface area contributed by atoms with Gasteiger partial charge in [-0.2, -0.15) is 0 Å². The van der Waals surface area contributed by atoms with Crippen LogP contribution in [0.4, 0.5) is 0 Å². The second-order valence-electron chi connectivity index (χ2n) is 2.13. The monoisotopic (exact) mass is 121 g/mol. The standard InChI is InChI=1S/C7H7NO/c1-2-4-7-6(3-1)8-5-9-7/h1-2,4,6,8H,3H2. The van der Waals surface area contributed by atoms with Crippen LogP contribution in [0.25, 0.3) is 0 Å². The van der Waals surface area contributed by atoms with Gasteiger partial charge in [-0.15, -0.1) is 0 Å². The quantitative estimate of drug-likeness (QED) is 0.512. The molecule has 46 valence electrons. The van der Waals surface area contributed by atoms with Crippen LogP contribution in [0.5, 0.6) is 0 Å². The van der Waals surface area contributed by atoms with E-state index in [1.807, 2.05) is 12.2 Å². The highest BCUT2D eigenvalue weighted by atomic mass is 16.5. The van der Waals surface area contributed by atoms with Crippen LogP contribution in [-0.2, 0) is 4.74 Å². The van der Waals surface area contributed by atoms with E-state index in [1.54, 1.807) is 0 Å². The first kappa shape index (κ1) is 5.06. The molecule has 1 aliphatic carbocycles. The summed E-state index contributed by atoms with van der Waals surface area (Å²) in [5, 5.41) is 2.97. The van der Waals surface area contributed by atoms with Gasteiger partial charge in [-0.3, -0.25) is 5.32 Å². The second-order valence-corrected chi connectivity index (χ2v) is 2.13. The summed E-state index contributed by atoms with van der Waals surface area (Å²) in [5.41, 5.74) is 0. The molecule has 1 fully saturated rings. The van der Waals surface area contributed by atoms with Crippen molar-refractivity contribution in [3.8, 4) is 0 Å². The summed E-state index contributed by atoms with van der Waals surface area (Å²) in [4.78, 5) is 0. The van der Waals surface area contributed by atoms with Gasteiger partial charge in [0.2, 0.25) is 0 Å². The molecule has 2 radical (unpaired) electrons. The van der Waals surface area contributed by atoms with Gasteiger partial charge >= 0.3 is 0 Å². The van der Waals surface area contributed by atoms with E-state index in [-0.39, 0.29) is 0 Å². The van der Waals surface area contributed by atoms with Gasteiger partial charge in [0.05, 0.1) is 6.04 Å². The molecule has 2 aliphatic rings. The molecule has 0 saturated carbocycles. The van der Waals surface area contributed by atoms with E-state index in [1.165, 1.54) is 0 Å². The van der Waals surface area contributed by atoms with Crippen LogP contribution >= 0.6 is 0 Å². The zero-order valence-electron chi connectivity index (χ0n) is 4.92. The Balaban J connectivity index is 2.23. The van der Waals surface area contributed by atoms with Gasteiger partial charge in [-0.1, -0.05) is 12.2 Å². The Hall–Kier alpha value is -0.760. The molecule has 0 aromatic carbocycles. The molecular weight excluding hydrogens is 114 g/mol. The Bertz CT molecular complexity index is 172. The third-order valence-electron chi connectivity index (χ3n) is 1.51. The molecule has 0 amide bonds. The van der Waals surface area contributed by atoms with Crippen LogP contribution in [-0.4, -0.2) is 6.04 Å². The molecule has 2 rings (SSSR count). The summed E-state index contributed by atoms with van der Waals surface area (Å²) in [6.45, 7) is 2.61. The Kier molecular flexibility index (Phi) is 1.06. The molecule has 1 saturated heterocycles. The summed E-state index contributed by atoms with van der Waals surface area (Å²) in [6, 6.07) is 0.356. The lowest BCUT2D eigenvalue weighted by atomic mass is 10.1. The molecule has 0 aromatic heterocycles. The lowest BCUT2D eigenvalue weighted by Crippen LogP contribution is -2.20. The number of allylic oxidation sites excluding steroid dienone is 2. The first-order chi connectivity index (χ1) is 4.47. The van der Waals surface area contributed by atoms with E-state index >= 15 is 0 Å². The zero-order chi connectivity index (χ0) is 6.10. The fourth-order valence-electron chi connectivity index (χ4n) is 1.00. The van der Waals surface area contributed by atoms with Crippen molar-refractivity contribution in [2.24, 2.45) is 0 Å². The number of hydrogen-bond acceptors (Lipinski definition) is 2. The summed E-state index contributed by atoms with van der Waals surface area (Å²) < 4.78 is 5.01. The highest BCUT2D eigenvalue weighted by molar-refractivity contribution is 5.22. The van der Waals surface area contributed by atoms with E-state index in [9.17, 15) is 0 Å². The third kappa shape index (κ3) is 0.754. The molecule has 2 nitrogen and oxygen atoms in total. The average molecular weight is 121 g/mol. The molecule has 1 unspecified atom stereocenters. The topological polar surface area (TPSA) is 21.3 Å². The van der Waals surface area contributed by atoms with Crippen molar-refractivity contribution in [3.05, 3.63) is 30.7 Å². The lowest BCUT2D eigenvalue weighted by Gasteiger charge is -2.08. The van der Waals surface area contributed by atoms with Gasteiger partial charge in [-0.25, -0.2) is 0 Å². The van der Waals surface area contributed by atoms with Crippen LogP contribution in [0.1, 0.15) is 6.42 Å². The molecule has 1 N–H and O–H groups in total. The number of rotatable bonds is 0. The highest BCUT2D eigenvalue weighted by Crippen LogP contribution is 2.19. The molecule has 2 heteroatoms. The Labute approximate surface area is 54.2 Å². The Morgan fingerprint density at radius 3 is 3.67 bits per heavy atom. The summed E-state index contributed by atoms with van der Waals surface area (Å²) in [6.07, 6.45) is 7.08. The molecule has 9 heavy (non-hydrogen) atoms. The maximum Gasteiger partial charge on any atom is 0.279 e. The van der Waals surface area contributed by atoms with Crippen LogP contribution < -0.4 is 5.32 Å². The molecule has 0 spiro atoms. The van der Waals surface area contributed by atoms with Crippen molar-refractivity contribution < 1.29 is 4.74 Å². The summed E-state index contributed by atoms with van der Waals surface area (Å²) >= 11 is 0. The van der Waals surface area contributed by atoms with Crippen LogP contribution in [0.15, 0.2) is 24.0 Å². The minimum atomic E-state index is 0.356. The van der Waals surface area contributed by atoms with Crippen molar-refractivity contribution >= 4 is 0 Å². The fourth-order valence-corrected chi connectivity index (χ4v) is 1.00. The number of ether oxygens (including phenoxy) is 1. The predicted molar refractivity (Wildman–Crippen MR) is 33.1 cm³/mol. The Morgan fingerprint density at radius 2 is 2.78 bits per heavy atom. The van der Waals surface area contributed by atoms with E-state index in [2.05, 4.69) is 18.1 Å². The maximum absolute atomic E-state index is 5.01. The van der Waals surface area contributed by atoms with Gasteiger partial charge in [0, 0.05) is 0 Å². The molecule has 0 aromatic rings. The second kappa shape index (κ2) is 1.88. The molecule has 1 aliphatic heterocycles. The minimum absolute atomic E-state index is 0.356. The predicted octanol–water partition coefficient (Wildman–Crippen LogP) is 0.815. The first-order valence-electron chi connectivity index (χ1n) is 3.01. The van der Waals surface area contributed by atoms with Gasteiger partial charge in [0.1, 0.15) is 5.76 Å². The lowest BCUT2D eigenvalue weighted by molar-refractivity contribution is 0.321.